The summed E-state index contributed by atoms with van der Waals surface area (Å²) >= 11 is 5.39. The first-order valence-electron chi connectivity index (χ1n) is 11.2. The van der Waals surface area contributed by atoms with Crippen LogP contribution in [-0.2, 0) is 0 Å². The van der Waals surface area contributed by atoms with E-state index in [0.29, 0.717) is 40.8 Å². The van der Waals surface area contributed by atoms with Crippen molar-refractivity contribution in [2.24, 2.45) is 5.92 Å². The number of amides is 1. The average molecular weight is 490 g/mol. The summed E-state index contributed by atoms with van der Waals surface area (Å²) in [6, 6.07) is 18.2. The Morgan fingerprint density at radius 3 is 2.51 bits per heavy atom. The highest BCUT2D eigenvalue weighted by Crippen LogP contribution is 2.29. The molecule has 0 aliphatic heterocycles. The van der Waals surface area contributed by atoms with E-state index in [9.17, 15) is 4.79 Å². The van der Waals surface area contributed by atoms with Crippen LogP contribution in [-0.4, -0.2) is 29.7 Å². The Bertz CT molecular complexity index is 1360. The average Bonchev–Trinajstić information content (AvgIpc) is 3.27. The maximum atomic E-state index is 12.6. The second-order valence-electron chi connectivity index (χ2n) is 8.52. The summed E-state index contributed by atoms with van der Waals surface area (Å²) in [5, 5.41) is 6.02. The largest absolute Gasteiger partial charge is 0.497 e. The Balaban J connectivity index is 1.44. The summed E-state index contributed by atoms with van der Waals surface area (Å²) in [7, 11) is 1.61. The molecule has 1 amide bonds. The normalized spacial score (nSPS) is 10.9. The van der Waals surface area contributed by atoms with E-state index in [4.69, 9.17) is 26.1 Å². The van der Waals surface area contributed by atoms with Crippen LogP contribution in [0.2, 0.25) is 0 Å². The molecule has 7 nitrogen and oxygen atoms in total. The zero-order valence-electron chi connectivity index (χ0n) is 20.0. The fourth-order valence-corrected chi connectivity index (χ4v) is 3.54. The van der Waals surface area contributed by atoms with Gasteiger partial charge in [-0.15, -0.1) is 0 Å². The molecule has 0 saturated carbocycles. The molecule has 1 aromatic heterocycles. The zero-order chi connectivity index (χ0) is 24.9. The minimum absolute atomic E-state index is 0.192. The van der Waals surface area contributed by atoms with Gasteiger partial charge in [0.2, 0.25) is 5.89 Å². The number of nitrogens with one attached hydrogen (secondary N) is 2. The molecule has 0 aliphatic carbocycles. The number of oxazole rings is 1. The number of nitrogens with zero attached hydrogens (tertiary/aromatic N) is 1. The SMILES string of the molecule is COc1ccc2oc(-c3ccc(C)c(NC(=S)NC(=O)c4ccc(OCC(C)C)cc4)c3)nc2c1. The number of benzene rings is 3. The van der Waals surface area contributed by atoms with Crippen molar-refractivity contribution < 1.29 is 18.7 Å². The molecule has 0 saturated heterocycles. The first-order valence-corrected chi connectivity index (χ1v) is 11.6. The number of thiocarbonyl (C=S) groups is 1. The number of rotatable bonds is 7. The van der Waals surface area contributed by atoms with Gasteiger partial charge in [-0.25, -0.2) is 4.98 Å². The molecule has 0 bridgehead atoms. The first-order chi connectivity index (χ1) is 16.8. The van der Waals surface area contributed by atoms with Crippen LogP contribution in [0, 0.1) is 12.8 Å². The van der Waals surface area contributed by atoms with Gasteiger partial charge in [0.05, 0.1) is 13.7 Å². The summed E-state index contributed by atoms with van der Waals surface area (Å²) in [5.74, 6) is 2.03. The molecule has 4 aromatic rings. The molecule has 0 aliphatic rings. The Kier molecular flexibility index (Phi) is 7.31. The van der Waals surface area contributed by atoms with Crippen LogP contribution in [0.4, 0.5) is 5.69 Å². The monoisotopic (exact) mass is 489 g/mol. The number of ether oxygens (including phenoxy) is 2. The molecule has 35 heavy (non-hydrogen) atoms. The molecule has 0 fully saturated rings. The highest BCUT2D eigenvalue weighted by molar-refractivity contribution is 7.80. The van der Waals surface area contributed by atoms with Gasteiger partial charge in [0.1, 0.15) is 17.0 Å². The van der Waals surface area contributed by atoms with Gasteiger partial charge >= 0.3 is 0 Å². The predicted molar refractivity (Wildman–Crippen MR) is 141 cm³/mol. The number of aromatic nitrogens is 1. The molecule has 0 radical (unpaired) electrons. The van der Waals surface area contributed by atoms with E-state index in [1.807, 2.05) is 43.3 Å². The van der Waals surface area contributed by atoms with Crippen molar-refractivity contribution in [3.05, 3.63) is 71.8 Å². The van der Waals surface area contributed by atoms with E-state index in [2.05, 4.69) is 29.5 Å². The van der Waals surface area contributed by atoms with Crippen molar-refractivity contribution in [2.75, 3.05) is 19.0 Å². The van der Waals surface area contributed by atoms with Gasteiger partial charge in [-0.2, -0.15) is 0 Å². The van der Waals surface area contributed by atoms with Gasteiger partial charge in [0.25, 0.3) is 5.91 Å². The fraction of sp³-hybridized carbons (Fsp3) is 0.222. The minimum Gasteiger partial charge on any atom is -0.497 e. The number of methoxy groups -OCH3 is 1. The highest BCUT2D eigenvalue weighted by atomic mass is 32.1. The third-order valence-electron chi connectivity index (χ3n) is 5.25. The Morgan fingerprint density at radius 2 is 1.80 bits per heavy atom. The van der Waals surface area contributed by atoms with Crippen LogP contribution < -0.4 is 20.1 Å². The van der Waals surface area contributed by atoms with Crippen molar-refractivity contribution >= 4 is 40.0 Å². The van der Waals surface area contributed by atoms with Gasteiger partial charge in [-0.05, 0) is 79.2 Å². The van der Waals surface area contributed by atoms with Crippen LogP contribution in [0.25, 0.3) is 22.6 Å². The van der Waals surface area contributed by atoms with E-state index >= 15 is 0 Å². The number of carbonyl (C=O) groups is 1. The molecule has 3 aromatic carbocycles. The van der Waals surface area contributed by atoms with E-state index in [1.54, 1.807) is 31.4 Å². The molecule has 0 atom stereocenters. The van der Waals surface area contributed by atoms with Crippen LogP contribution in [0.15, 0.2) is 65.1 Å². The summed E-state index contributed by atoms with van der Waals surface area (Å²) in [6.07, 6.45) is 0. The lowest BCUT2D eigenvalue weighted by molar-refractivity contribution is 0.0977. The van der Waals surface area contributed by atoms with Gasteiger partial charge in [-0.3, -0.25) is 10.1 Å². The number of aryl methyl sites for hydroxylation is 1. The lowest BCUT2D eigenvalue weighted by Crippen LogP contribution is -2.34. The summed E-state index contributed by atoms with van der Waals surface area (Å²) in [4.78, 5) is 17.2. The zero-order valence-corrected chi connectivity index (χ0v) is 20.9. The predicted octanol–water partition coefficient (Wildman–Crippen LogP) is 5.97. The van der Waals surface area contributed by atoms with Crippen molar-refractivity contribution in [1.82, 2.24) is 10.3 Å². The van der Waals surface area contributed by atoms with E-state index in [0.717, 1.165) is 22.6 Å². The molecule has 2 N–H and O–H groups in total. The minimum atomic E-state index is -0.306. The lowest BCUT2D eigenvalue weighted by atomic mass is 10.1. The summed E-state index contributed by atoms with van der Waals surface area (Å²) in [5.41, 5.74) is 4.33. The van der Waals surface area contributed by atoms with Crippen molar-refractivity contribution in [3.63, 3.8) is 0 Å². The molecular formula is C27H27N3O4S. The second-order valence-corrected chi connectivity index (χ2v) is 8.93. The van der Waals surface area contributed by atoms with E-state index < -0.39 is 0 Å². The lowest BCUT2D eigenvalue weighted by Gasteiger charge is -2.13. The third-order valence-corrected chi connectivity index (χ3v) is 5.46. The second kappa shape index (κ2) is 10.6. The fourth-order valence-electron chi connectivity index (χ4n) is 3.34. The Hall–Kier alpha value is -3.91. The van der Waals surface area contributed by atoms with Gasteiger partial charge in [-0.1, -0.05) is 19.9 Å². The topological polar surface area (TPSA) is 85.6 Å². The molecular weight excluding hydrogens is 462 g/mol. The maximum absolute atomic E-state index is 12.6. The van der Waals surface area contributed by atoms with Crippen LogP contribution >= 0.6 is 12.2 Å². The Morgan fingerprint density at radius 1 is 1.06 bits per heavy atom. The standard InChI is InChI=1S/C27H27N3O4S/c1-16(2)15-33-20-9-7-18(8-10-20)25(31)30-27(35)29-22-13-19(6-5-17(22)3)26-28-23-14-21(32-4)11-12-24(23)34-26/h5-14,16H,15H2,1-4H3,(H2,29,30,31,35). The highest BCUT2D eigenvalue weighted by Gasteiger charge is 2.13. The molecule has 4 rings (SSSR count). The van der Waals surface area contributed by atoms with Crippen molar-refractivity contribution in [2.45, 2.75) is 20.8 Å². The van der Waals surface area contributed by atoms with Gasteiger partial charge in [0, 0.05) is 22.9 Å². The molecule has 0 unspecified atom stereocenters. The number of hydrogen-bond acceptors (Lipinski definition) is 6. The molecule has 0 spiro atoms. The van der Waals surface area contributed by atoms with Gasteiger partial charge in [0.15, 0.2) is 10.7 Å². The number of hydrogen-bond donors (Lipinski definition) is 2. The third kappa shape index (κ3) is 5.96. The number of fused-ring (bicyclic) bond motifs is 1. The van der Waals surface area contributed by atoms with E-state index in [1.165, 1.54) is 0 Å². The molecule has 180 valence electrons. The van der Waals surface area contributed by atoms with Crippen molar-refractivity contribution in [3.8, 4) is 23.0 Å². The summed E-state index contributed by atoms with van der Waals surface area (Å²) in [6.45, 7) is 6.73. The smallest absolute Gasteiger partial charge is 0.257 e. The number of anilines is 1. The van der Waals surface area contributed by atoms with Crippen LogP contribution in [0.5, 0.6) is 11.5 Å². The molecule has 1 heterocycles. The van der Waals surface area contributed by atoms with Gasteiger partial charge < -0.3 is 19.2 Å². The quantitative estimate of drug-likeness (QED) is 0.309. The van der Waals surface area contributed by atoms with Crippen molar-refractivity contribution in [1.29, 1.82) is 0 Å². The molecule has 8 heteroatoms. The Labute approximate surface area is 209 Å². The van der Waals surface area contributed by atoms with E-state index in [-0.39, 0.29) is 11.0 Å². The summed E-state index contributed by atoms with van der Waals surface area (Å²) < 4.78 is 16.8. The van der Waals surface area contributed by atoms with Crippen LogP contribution in [0.1, 0.15) is 29.8 Å². The van der Waals surface area contributed by atoms with Crippen LogP contribution in [0.3, 0.4) is 0 Å². The maximum Gasteiger partial charge on any atom is 0.257 e. The number of carbonyl (C=O) groups excluding carboxylic acids is 1. The first kappa shape index (κ1) is 24.2.